The summed E-state index contributed by atoms with van der Waals surface area (Å²) in [7, 11) is -11.2. The standard InChI is InChI=1S/C18H29N3O6S2.C10H13N3O4S/c1-2-3-4-5-6-7-12-28(24,25)19-11-10-15-8-9-16(17(22)13-15)21-14-18(23)20-29(21,26)27;11-4-3-7-1-2-8(9(14)5-7)13-6-10(15)12-18(13,16)17/h8-9,13,19,22H,2-7,10-12,14H2,1H3,(H,20,23);1-2,5,14H,3-4,6,11H2,(H,12,15). The number of nitrogens with two attached hydrogens (primary N) is 1. The Kier molecular flexibility index (Phi) is 13.2. The van der Waals surface area contributed by atoms with Crippen LogP contribution in [-0.2, 0) is 52.9 Å². The van der Waals surface area contributed by atoms with Gasteiger partial charge >= 0.3 is 20.4 Å². The van der Waals surface area contributed by atoms with E-state index in [1.54, 1.807) is 12.1 Å². The molecule has 19 heteroatoms. The number of phenolic OH excluding ortho intramolecular Hbond substituents is 2. The van der Waals surface area contributed by atoms with Crippen molar-refractivity contribution < 1.29 is 45.1 Å². The van der Waals surface area contributed by atoms with Crippen molar-refractivity contribution >= 4 is 53.6 Å². The molecular weight excluding hydrogens is 677 g/mol. The van der Waals surface area contributed by atoms with Crippen LogP contribution in [-0.4, -0.2) is 79.2 Å². The Hall–Kier alpha value is -3.65. The summed E-state index contributed by atoms with van der Waals surface area (Å²) in [6.45, 7) is 2.02. The van der Waals surface area contributed by atoms with Gasteiger partial charge in [-0.1, -0.05) is 51.2 Å². The van der Waals surface area contributed by atoms with Crippen LogP contribution in [0.2, 0.25) is 0 Å². The monoisotopic (exact) mass is 718 g/mol. The first-order chi connectivity index (χ1) is 22.1. The molecule has 0 radical (unpaired) electrons. The maximum Gasteiger partial charge on any atom is 0.326 e. The number of hydrogen-bond acceptors (Lipinski definition) is 11. The van der Waals surface area contributed by atoms with Crippen molar-refractivity contribution in [3.8, 4) is 11.5 Å². The zero-order chi connectivity index (χ0) is 34.8. The summed E-state index contributed by atoms with van der Waals surface area (Å²) in [4.78, 5) is 22.4. The molecule has 2 aromatic carbocycles. The summed E-state index contributed by atoms with van der Waals surface area (Å²) in [5, 5.41) is 20.0. The number of nitrogens with zero attached hydrogens (tertiary/aromatic N) is 2. The highest BCUT2D eigenvalue weighted by Gasteiger charge is 2.36. The van der Waals surface area contributed by atoms with E-state index in [2.05, 4.69) is 11.6 Å². The normalized spacial score (nSPS) is 16.8. The summed E-state index contributed by atoms with van der Waals surface area (Å²) in [5.74, 6) is -1.69. The quantitative estimate of drug-likeness (QED) is 0.138. The van der Waals surface area contributed by atoms with Crippen LogP contribution < -0.4 is 28.5 Å². The Balaban J connectivity index is 0.000000284. The van der Waals surface area contributed by atoms with Crippen molar-refractivity contribution in [2.24, 2.45) is 5.73 Å². The van der Waals surface area contributed by atoms with Gasteiger partial charge in [0.15, 0.2) is 0 Å². The first kappa shape index (κ1) is 37.8. The Bertz CT molecular complexity index is 1750. The summed E-state index contributed by atoms with van der Waals surface area (Å²) in [6, 6.07) is 8.93. The fraction of sp³-hybridized carbons (Fsp3) is 0.500. The molecule has 16 nitrogen and oxygen atoms in total. The van der Waals surface area contributed by atoms with Crippen LogP contribution in [0, 0.1) is 0 Å². The van der Waals surface area contributed by atoms with E-state index in [9.17, 15) is 45.1 Å². The van der Waals surface area contributed by atoms with Crippen LogP contribution in [0.4, 0.5) is 11.4 Å². The summed E-state index contributed by atoms with van der Waals surface area (Å²) in [5.41, 5.74) is 6.91. The van der Waals surface area contributed by atoms with Crippen molar-refractivity contribution in [2.45, 2.75) is 58.3 Å². The fourth-order valence-corrected chi connectivity index (χ4v) is 8.32. The lowest BCUT2D eigenvalue weighted by Crippen LogP contribution is -2.29. The molecule has 47 heavy (non-hydrogen) atoms. The SMILES string of the molecule is CCCCCCCCS(=O)(=O)NCCc1ccc(N2CC(=O)NS2(=O)=O)c(O)c1.NCCc1ccc(N2CC(=O)NS2(=O)=O)c(O)c1. The Morgan fingerprint density at radius 1 is 0.787 bits per heavy atom. The van der Waals surface area contributed by atoms with Crippen LogP contribution in [0.3, 0.4) is 0 Å². The number of hydrogen-bond donors (Lipinski definition) is 6. The van der Waals surface area contributed by atoms with E-state index >= 15 is 0 Å². The zero-order valence-electron chi connectivity index (χ0n) is 26.0. The average molecular weight is 719 g/mol. The lowest BCUT2D eigenvalue weighted by molar-refractivity contribution is -0.118. The summed E-state index contributed by atoms with van der Waals surface area (Å²) >= 11 is 0. The molecule has 2 saturated heterocycles. The van der Waals surface area contributed by atoms with Gasteiger partial charge < -0.3 is 15.9 Å². The van der Waals surface area contributed by atoms with E-state index in [1.807, 2.05) is 9.44 Å². The third-order valence-corrected chi connectivity index (χ3v) is 11.4. The van der Waals surface area contributed by atoms with Crippen molar-refractivity contribution in [1.29, 1.82) is 0 Å². The minimum Gasteiger partial charge on any atom is -0.506 e. The predicted octanol–water partition coefficient (Wildman–Crippen LogP) is 0.470. The van der Waals surface area contributed by atoms with Crippen molar-refractivity contribution in [3.05, 3.63) is 47.5 Å². The molecule has 0 spiro atoms. The molecule has 2 amide bonds. The number of unbranched alkanes of at least 4 members (excludes halogenated alkanes) is 5. The third kappa shape index (κ3) is 11.0. The Morgan fingerprint density at radius 2 is 1.26 bits per heavy atom. The van der Waals surface area contributed by atoms with Gasteiger partial charge in [0.05, 0.1) is 17.1 Å². The lowest BCUT2D eigenvalue weighted by atomic mass is 10.1. The zero-order valence-corrected chi connectivity index (χ0v) is 28.5. The summed E-state index contributed by atoms with van der Waals surface area (Å²) < 4.78 is 78.8. The number of rotatable bonds is 15. The van der Waals surface area contributed by atoms with E-state index in [1.165, 1.54) is 30.7 Å². The molecule has 2 fully saturated rings. The van der Waals surface area contributed by atoms with Crippen LogP contribution in [0.1, 0.15) is 56.6 Å². The molecule has 0 saturated carbocycles. The average Bonchev–Trinajstić information content (AvgIpc) is 3.41. The third-order valence-electron chi connectivity index (χ3n) is 7.19. The first-order valence-electron chi connectivity index (χ1n) is 15.1. The number of phenols is 2. The molecule has 4 rings (SSSR count). The van der Waals surface area contributed by atoms with Crippen molar-refractivity contribution in [2.75, 3.05) is 40.5 Å². The second-order valence-electron chi connectivity index (χ2n) is 11.0. The molecule has 2 aliphatic heterocycles. The van der Waals surface area contributed by atoms with Gasteiger partial charge in [-0.15, -0.1) is 0 Å². The number of carbonyl (C=O) groups is 2. The molecule has 0 unspecified atom stereocenters. The van der Waals surface area contributed by atoms with Gasteiger partial charge in [0, 0.05) is 6.54 Å². The molecule has 0 bridgehead atoms. The smallest absolute Gasteiger partial charge is 0.326 e. The Labute approximate surface area is 275 Å². The molecule has 0 aliphatic carbocycles. The van der Waals surface area contributed by atoms with Crippen LogP contribution in [0.15, 0.2) is 36.4 Å². The van der Waals surface area contributed by atoms with Crippen LogP contribution in [0.25, 0.3) is 0 Å². The van der Waals surface area contributed by atoms with E-state index in [-0.39, 0.29) is 41.7 Å². The number of benzene rings is 2. The minimum absolute atomic E-state index is 0.00393. The molecular formula is C28H42N6O10S3. The highest BCUT2D eigenvalue weighted by atomic mass is 32.2. The molecule has 0 aromatic heterocycles. The van der Waals surface area contributed by atoms with E-state index in [0.717, 1.165) is 39.9 Å². The predicted molar refractivity (Wildman–Crippen MR) is 177 cm³/mol. The number of nitrogens with one attached hydrogen (secondary N) is 3. The van der Waals surface area contributed by atoms with Crippen molar-refractivity contribution in [1.82, 2.24) is 14.2 Å². The van der Waals surface area contributed by atoms with Gasteiger partial charge in [-0.3, -0.25) is 9.59 Å². The molecule has 2 aromatic rings. The Morgan fingerprint density at radius 3 is 1.68 bits per heavy atom. The van der Waals surface area contributed by atoms with Gasteiger partial charge in [-0.05, 0) is 61.2 Å². The number of sulfonamides is 1. The van der Waals surface area contributed by atoms with Crippen LogP contribution in [0.5, 0.6) is 11.5 Å². The van der Waals surface area contributed by atoms with Gasteiger partial charge in [0.1, 0.15) is 24.6 Å². The second-order valence-corrected chi connectivity index (χ2v) is 16.1. The van der Waals surface area contributed by atoms with Gasteiger partial charge in [0.25, 0.3) is 11.8 Å². The minimum atomic E-state index is -4.00. The maximum atomic E-state index is 12.0. The van der Waals surface area contributed by atoms with Crippen LogP contribution >= 0.6 is 0 Å². The molecule has 7 N–H and O–H groups in total. The topological polar surface area (TPSA) is 246 Å². The highest BCUT2D eigenvalue weighted by molar-refractivity contribution is 7.92. The summed E-state index contributed by atoms with van der Waals surface area (Å²) in [6.07, 6.45) is 6.95. The van der Waals surface area contributed by atoms with Crippen molar-refractivity contribution in [3.63, 3.8) is 0 Å². The molecule has 262 valence electrons. The molecule has 0 atom stereocenters. The second kappa shape index (κ2) is 16.4. The molecule has 2 aliphatic rings. The van der Waals surface area contributed by atoms with E-state index in [0.29, 0.717) is 31.4 Å². The van der Waals surface area contributed by atoms with E-state index < -0.39 is 48.8 Å². The largest absolute Gasteiger partial charge is 0.506 e. The van der Waals surface area contributed by atoms with Gasteiger partial charge in [0.2, 0.25) is 10.0 Å². The highest BCUT2D eigenvalue weighted by Crippen LogP contribution is 2.32. The number of carbonyl (C=O) groups excluding carboxylic acids is 2. The number of aromatic hydroxyl groups is 2. The number of anilines is 2. The maximum absolute atomic E-state index is 12.0. The van der Waals surface area contributed by atoms with E-state index in [4.69, 9.17) is 5.73 Å². The van der Waals surface area contributed by atoms with Gasteiger partial charge in [-0.2, -0.15) is 16.8 Å². The number of amides is 2. The van der Waals surface area contributed by atoms with Gasteiger partial charge in [-0.25, -0.2) is 31.2 Å². The fourth-order valence-electron chi connectivity index (χ4n) is 4.86. The first-order valence-corrected chi connectivity index (χ1v) is 19.6. The molecule has 2 heterocycles. The lowest BCUT2D eigenvalue weighted by Gasteiger charge is -2.16.